The molecule has 0 radical (unpaired) electrons. The predicted octanol–water partition coefficient (Wildman–Crippen LogP) is 3.01. The molecule has 1 unspecified atom stereocenters. The molecule has 4 nitrogen and oxygen atoms in total. The van der Waals surface area contributed by atoms with Crippen molar-refractivity contribution in [3.8, 4) is 0 Å². The number of thiazole rings is 1. The number of carbonyl (C=O) groups is 1. The van der Waals surface area contributed by atoms with Crippen LogP contribution < -0.4 is 5.32 Å². The van der Waals surface area contributed by atoms with Crippen LogP contribution in [0.2, 0.25) is 0 Å². The number of aryl methyl sites for hydroxylation is 1. The molecule has 1 atom stereocenters. The third-order valence-corrected chi connectivity index (χ3v) is 4.73. The number of nitrogens with one attached hydrogen (secondary N) is 1. The lowest BCUT2D eigenvalue weighted by atomic mass is 10.1. The molecular weight excluding hydrogens is 290 g/mol. The maximum atomic E-state index is 12.0. The lowest BCUT2D eigenvalue weighted by Crippen LogP contribution is -2.37. The molecule has 1 amide bonds. The van der Waals surface area contributed by atoms with Gasteiger partial charge in [0.1, 0.15) is 0 Å². The van der Waals surface area contributed by atoms with Crippen molar-refractivity contribution in [3.05, 3.63) is 33.5 Å². The third kappa shape index (κ3) is 4.40. The van der Waals surface area contributed by atoms with Gasteiger partial charge in [0.15, 0.2) is 5.13 Å². The number of likely N-dealkylation sites (N-methyl/N-ethyl adjacent to an activating group) is 1. The molecule has 0 spiro atoms. The number of hydrogen-bond acceptors (Lipinski definition) is 5. The molecule has 20 heavy (non-hydrogen) atoms. The number of amides is 1. The number of thiophene rings is 1. The average molecular weight is 309 g/mol. The molecule has 0 aliphatic carbocycles. The molecule has 2 aromatic heterocycles. The van der Waals surface area contributed by atoms with Crippen molar-refractivity contribution >= 4 is 33.7 Å². The molecule has 108 valence electrons. The molecule has 0 fully saturated rings. The van der Waals surface area contributed by atoms with Crippen LogP contribution in [0.4, 0.5) is 5.13 Å². The highest BCUT2D eigenvalue weighted by Gasteiger charge is 2.14. The fraction of sp³-hybridized carbons (Fsp3) is 0.429. The summed E-state index contributed by atoms with van der Waals surface area (Å²) in [7, 11) is 1.98. The van der Waals surface area contributed by atoms with Gasteiger partial charge >= 0.3 is 0 Å². The summed E-state index contributed by atoms with van der Waals surface area (Å²) in [6.07, 6.45) is 0.962. The minimum absolute atomic E-state index is 0.0148. The summed E-state index contributed by atoms with van der Waals surface area (Å²) in [5.41, 5.74) is 2.26. The molecule has 2 rings (SSSR count). The van der Waals surface area contributed by atoms with Crippen molar-refractivity contribution in [2.75, 3.05) is 18.9 Å². The quantitative estimate of drug-likeness (QED) is 0.892. The Hall–Kier alpha value is -1.24. The smallest absolute Gasteiger partial charge is 0.240 e. The highest BCUT2D eigenvalue weighted by Crippen LogP contribution is 2.15. The standard InChI is InChI=1S/C14H19N3OS2/c1-10-8-20-14(15-10)16-13(18)7-17(3)11(2)6-12-4-5-19-9-12/h4-5,8-9,11H,6-7H2,1-3H3,(H,15,16,18). The van der Waals surface area contributed by atoms with Crippen LogP contribution in [0.3, 0.4) is 0 Å². The van der Waals surface area contributed by atoms with Crippen LogP contribution in [-0.4, -0.2) is 35.4 Å². The van der Waals surface area contributed by atoms with E-state index < -0.39 is 0 Å². The Bertz CT molecular complexity index is 551. The second kappa shape index (κ2) is 6.97. The first kappa shape index (κ1) is 15.2. The first-order valence-corrected chi connectivity index (χ1v) is 8.30. The van der Waals surface area contributed by atoms with Crippen molar-refractivity contribution < 1.29 is 4.79 Å². The van der Waals surface area contributed by atoms with Gasteiger partial charge in [0, 0.05) is 11.4 Å². The molecule has 6 heteroatoms. The first-order chi connectivity index (χ1) is 9.54. The Morgan fingerprint density at radius 1 is 1.50 bits per heavy atom. The monoisotopic (exact) mass is 309 g/mol. The van der Waals surface area contributed by atoms with Gasteiger partial charge in [0.2, 0.25) is 5.91 Å². The van der Waals surface area contributed by atoms with E-state index in [1.165, 1.54) is 16.9 Å². The molecule has 0 aliphatic heterocycles. The first-order valence-electron chi connectivity index (χ1n) is 6.48. The van der Waals surface area contributed by atoms with Gasteiger partial charge in [0.05, 0.1) is 12.2 Å². The van der Waals surface area contributed by atoms with Crippen LogP contribution in [0.25, 0.3) is 0 Å². The molecule has 0 aliphatic rings. The van der Waals surface area contributed by atoms with E-state index in [1.807, 2.05) is 19.4 Å². The third-order valence-electron chi connectivity index (χ3n) is 3.12. The SMILES string of the molecule is Cc1csc(NC(=O)CN(C)C(C)Cc2ccsc2)n1. The van der Waals surface area contributed by atoms with Crippen LogP contribution in [0, 0.1) is 6.92 Å². The molecule has 0 saturated carbocycles. The zero-order valence-corrected chi connectivity index (χ0v) is 13.6. The fourth-order valence-electron chi connectivity index (χ4n) is 1.86. The second-order valence-corrected chi connectivity index (χ2v) is 6.58. The zero-order valence-electron chi connectivity index (χ0n) is 11.9. The van der Waals surface area contributed by atoms with Crippen molar-refractivity contribution in [2.45, 2.75) is 26.3 Å². The number of anilines is 1. The van der Waals surface area contributed by atoms with E-state index in [1.54, 1.807) is 11.3 Å². The van der Waals surface area contributed by atoms with Crippen molar-refractivity contribution in [1.29, 1.82) is 0 Å². The average Bonchev–Trinajstić information content (AvgIpc) is 3.01. The summed E-state index contributed by atoms with van der Waals surface area (Å²) in [5.74, 6) is -0.0148. The lowest BCUT2D eigenvalue weighted by Gasteiger charge is -2.23. The molecular formula is C14H19N3OS2. The number of rotatable bonds is 6. The number of carbonyl (C=O) groups excluding carboxylic acids is 1. The van der Waals surface area contributed by atoms with Crippen molar-refractivity contribution in [3.63, 3.8) is 0 Å². The van der Waals surface area contributed by atoms with Crippen LogP contribution in [0.5, 0.6) is 0 Å². The molecule has 0 aromatic carbocycles. The van der Waals surface area contributed by atoms with Crippen LogP contribution in [0.15, 0.2) is 22.2 Å². The van der Waals surface area contributed by atoms with E-state index in [-0.39, 0.29) is 5.91 Å². The number of aromatic nitrogens is 1. The maximum absolute atomic E-state index is 12.0. The number of nitrogens with zero attached hydrogens (tertiary/aromatic N) is 2. The summed E-state index contributed by atoms with van der Waals surface area (Å²) >= 11 is 3.16. The van der Waals surface area contributed by atoms with Crippen LogP contribution >= 0.6 is 22.7 Å². The molecule has 2 aromatic rings. The zero-order chi connectivity index (χ0) is 14.5. The van der Waals surface area contributed by atoms with E-state index in [0.29, 0.717) is 17.7 Å². The van der Waals surface area contributed by atoms with E-state index in [9.17, 15) is 4.79 Å². The Kier molecular flexibility index (Phi) is 5.28. The summed E-state index contributed by atoms with van der Waals surface area (Å²) in [6, 6.07) is 2.46. The normalized spacial score (nSPS) is 12.6. The second-order valence-electron chi connectivity index (χ2n) is 4.94. The van der Waals surface area contributed by atoms with Gasteiger partial charge in [-0.1, -0.05) is 0 Å². The Morgan fingerprint density at radius 2 is 2.30 bits per heavy atom. The van der Waals surface area contributed by atoms with Gasteiger partial charge < -0.3 is 5.32 Å². The molecule has 1 N–H and O–H groups in total. The number of hydrogen-bond donors (Lipinski definition) is 1. The van der Waals surface area contributed by atoms with E-state index in [2.05, 4.69) is 39.0 Å². The van der Waals surface area contributed by atoms with E-state index in [4.69, 9.17) is 0 Å². The molecule has 0 bridgehead atoms. The minimum Gasteiger partial charge on any atom is -0.301 e. The fourth-order valence-corrected chi connectivity index (χ4v) is 3.24. The van der Waals surface area contributed by atoms with Gasteiger partial charge in [0.25, 0.3) is 0 Å². The summed E-state index contributed by atoms with van der Waals surface area (Å²) in [6.45, 7) is 4.43. The van der Waals surface area contributed by atoms with Gasteiger partial charge in [-0.15, -0.1) is 11.3 Å². The summed E-state index contributed by atoms with van der Waals surface area (Å²) in [5, 5.41) is 9.68. The Balaban J connectivity index is 1.81. The van der Waals surface area contributed by atoms with Gasteiger partial charge in [-0.05, 0) is 49.7 Å². The van der Waals surface area contributed by atoms with E-state index >= 15 is 0 Å². The minimum atomic E-state index is -0.0148. The molecule has 0 saturated heterocycles. The summed E-state index contributed by atoms with van der Waals surface area (Å²) < 4.78 is 0. The Morgan fingerprint density at radius 3 is 2.90 bits per heavy atom. The largest absolute Gasteiger partial charge is 0.301 e. The lowest BCUT2D eigenvalue weighted by molar-refractivity contribution is -0.117. The van der Waals surface area contributed by atoms with Gasteiger partial charge in [-0.3, -0.25) is 9.69 Å². The molecule has 2 heterocycles. The highest BCUT2D eigenvalue weighted by molar-refractivity contribution is 7.13. The van der Waals surface area contributed by atoms with Crippen LogP contribution in [0.1, 0.15) is 18.2 Å². The van der Waals surface area contributed by atoms with Crippen LogP contribution in [-0.2, 0) is 11.2 Å². The van der Waals surface area contributed by atoms with Gasteiger partial charge in [-0.2, -0.15) is 11.3 Å². The predicted molar refractivity (Wildman–Crippen MR) is 85.6 cm³/mol. The topological polar surface area (TPSA) is 45.2 Å². The summed E-state index contributed by atoms with van der Waals surface area (Å²) in [4.78, 5) is 18.3. The van der Waals surface area contributed by atoms with Crippen molar-refractivity contribution in [2.24, 2.45) is 0 Å². The van der Waals surface area contributed by atoms with Crippen molar-refractivity contribution in [1.82, 2.24) is 9.88 Å². The van der Waals surface area contributed by atoms with E-state index in [0.717, 1.165) is 12.1 Å². The van der Waals surface area contributed by atoms with Gasteiger partial charge in [-0.25, -0.2) is 4.98 Å². The maximum Gasteiger partial charge on any atom is 0.240 e. The Labute approximate surface area is 127 Å². The highest BCUT2D eigenvalue weighted by atomic mass is 32.1.